The van der Waals surface area contributed by atoms with E-state index in [1.807, 2.05) is 37.3 Å². The third kappa shape index (κ3) is 3.92. The lowest BCUT2D eigenvalue weighted by molar-refractivity contribution is 0.339. The average Bonchev–Trinajstić information content (AvgIpc) is 2.97. The maximum atomic E-state index is 12.4. The molecule has 0 atom stereocenters. The monoisotopic (exact) mass is 362 g/mol. The number of nitrogens with zero attached hydrogens (tertiary/aromatic N) is 1. The minimum Gasteiger partial charge on any atom is -0.470 e. The molecule has 0 fully saturated rings. The van der Waals surface area contributed by atoms with Crippen LogP contribution in [0.3, 0.4) is 0 Å². The molecule has 126 valence electrons. The highest BCUT2D eigenvalue weighted by Gasteiger charge is 2.15. The number of ether oxygens (including phenoxy) is 1. The van der Waals surface area contributed by atoms with Gasteiger partial charge < -0.3 is 4.74 Å². The number of thiazole rings is 1. The van der Waals surface area contributed by atoms with Crippen molar-refractivity contribution in [3.05, 3.63) is 54.1 Å². The van der Waals surface area contributed by atoms with Gasteiger partial charge in [0.25, 0.3) is 5.19 Å². The van der Waals surface area contributed by atoms with Crippen molar-refractivity contribution < 1.29 is 13.2 Å². The molecule has 1 aromatic heterocycles. The van der Waals surface area contributed by atoms with Crippen LogP contribution in [0.25, 0.3) is 10.2 Å². The van der Waals surface area contributed by atoms with Gasteiger partial charge in [-0.15, -0.1) is 0 Å². The molecule has 2 aromatic carbocycles. The van der Waals surface area contributed by atoms with Crippen LogP contribution in [0, 0.1) is 0 Å². The number of hydrogen-bond donors (Lipinski definition) is 1. The van der Waals surface area contributed by atoms with E-state index >= 15 is 0 Å². The van der Waals surface area contributed by atoms with Crippen LogP contribution in [0.15, 0.2) is 53.4 Å². The maximum absolute atomic E-state index is 12.4. The Morgan fingerprint density at radius 1 is 1.17 bits per heavy atom. The molecule has 0 amide bonds. The topological polar surface area (TPSA) is 68.3 Å². The number of fused-ring (bicyclic) bond motifs is 1. The molecule has 0 aliphatic carbocycles. The Hall–Kier alpha value is -1.96. The number of nitrogens with one attached hydrogen (secondary N) is 1. The fourth-order valence-electron chi connectivity index (χ4n) is 2.29. The second-order valence-corrected chi connectivity index (χ2v) is 7.94. The van der Waals surface area contributed by atoms with Gasteiger partial charge in [-0.2, -0.15) is 0 Å². The summed E-state index contributed by atoms with van der Waals surface area (Å²) in [6.07, 6.45) is 0.650. The molecule has 24 heavy (non-hydrogen) atoms. The van der Waals surface area contributed by atoms with Crippen LogP contribution in [-0.2, 0) is 16.4 Å². The van der Waals surface area contributed by atoms with Crippen molar-refractivity contribution in [3.63, 3.8) is 0 Å². The first kappa shape index (κ1) is 16.9. The molecule has 0 unspecified atom stereocenters. The zero-order valence-electron chi connectivity index (χ0n) is 13.2. The maximum Gasteiger partial charge on any atom is 0.274 e. The third-order valence-corrected chi connectivity index (χ3v) is 5.86. The molecule has 0 saturated heterocycles. The summed E-state index contributed by atoms with van der Waals surface area (Å²) in [6, 6.07) is 14.7. The van der Waals surface area contributed by atoms with Crippen LogP contribution in [0.4, 0.5) is 0 Å². The van der Waals surface area contributed by atoms with Gasteiger partial charge in [0.05, 0.1) is 21.7 Å². The lowest BCUT2D eigenvalue weighted by atomic mass is 10.2. The van der Waals surface area contributed by atoms with E-state index in [-0.39, 0.29) is 4.90 Å². The quantitative estimate of drug-likeness (QED) is 0.701. The fourth-order valence-corrected chi connectivity index (χ4v) is 4.34. The average molecular weight is 362 g/mol. The molecule has 0 bridgehead atoms. The Morgan fingerprint density at radius 2 is 1.96 bits per heavy atom. The van der Waals surface area contributed by atoms with Crippen molar-refractivity contribution in [2.75, 3.05) is 13.2 Å². The van der Waals surface area contributed by atoms with Crippen molar-refractivity contribution in [2.45, 2.75) is 18.2 Å². The van der Waals surface area contributed by atoms with Crippen molar-refractivity contribution in [1.29, 1.82) is 0 Å². The summed E-state index contributed by atoms with van der Waals surface area (Å²) < 4.78 is 33.7. The molecule has 0 spiro atoms. The summed E-state index contributed by atoms with van der Waals surface area (Å²) in [4.78, 5) is 4.55. The van der Waals surface area contributed by atoms with Gasteiger partial charge in [-0.3, -0.25) is 0 Å². The molecule has 3 rings (SSSR count). The first-order valence-corrected chi connectivity index (χ1v) is 9.95. The fraction of sp³-hybridized carbons (Fsp3) is 0.235. The van der Waals surface area contributed by atoms with E-state index in [1.54, 1.807) is 18.2 Å². The zero-order valence-corrected chi connectivity index (χ0v) is 14.9. The van der Waals surface area contributed by atoms with E-state index in [9.17, 15) is 8.42 Å². The number of rotatable bonds is 7. The van der Waals surface area contributed by atoms with Crippen LogP contribution in [-0.4, -0.2) is 26.6 Å². The van der Waals surface area contributed by atoms with Crippen LogP contribution < -0.4 is 9.46 Å². The molecular weight excluding hydrogens is 344 g/mol. The summed E-state index contributed by atoms with van der Waals surface area (Å²) >= 11 is 1.35. The van der Waals surface area contributed by atoms with E-state index in [0.29, 0.717) is 24.8 Å². The normalized spacial score (nSPS) is 11.7. The molecule has 0 aliphatic heterocycles. The lowest BCUT2D eigenvalue weighted by Crippen LogP contribution is -2.25. The van der Waals surface area contributed by atoms with Gasteiger partial charge in [0, 0.05) is 6.54 Å². The highest BCUT2D eigenvalue weighted by Crippen LogP contribution is 2.29. The van der Waals surface area contributed by atoms with Gasteiger partial charge in [0.15, 0.2) is 0 Å². The summed E-state index contributed by atoms with van der Waals surface area (Å²) in [5.74, 6) is 0. The van der Waals surface area contributed by atoms with E-state index in [0.717, 1.165) is 15.8 Å². The number of sulfonamides is 1. The van der Waals surface area contributed by atoms with Crippen LogP contribution >= 0.6 is 11.3 Å². The zero-order chi connectivity index (χ0) is 17.0. The summed E-state index contributed by atoms with van der Waals surface area (Å²) in [6.45, 7) is 2.78. The van der Waals surface area contributed by atoms with Gasteiger partial charge in [0.2, 0.25) is 10.0 Å². The molecule has 7 heteroatoms. The molecule has 0 saturated carbocycles. The standard InChI is InChI=1S/C17H18N2O3S2/c1-2-22-17-19-15-9-8-14(12-16(15)23-17)24(20,21)18-11-10-13-6-4-3-5-7-13/h3-9,12,18H,2,10-11H2,1H3. The second-order valence-electron chi connectivity index (χ2n) is 5.18. The van der Waals surface area contributed by atoms with E-state index < -0.39 is 10.0 Å². The summed E-state index contributed by atoms with van der Waals surface area (Å²) in [7, 11) is -3.54. The van der Waals surface area contributed by atoms with Crippen molar-refractivity contribution >= 4 is 31.6 Å². The van der Waals surface area contributed by atoms with E-state index in [4.69, 9.17) is 4.74 Å². The minimum absolute atomic E-state index is 0.245. The van der Waals surface area contributed by atoms with Gasteiger partial charge in [0.1, 0.15) is 0 Å². The first-order chi connectivity index (χ1) is 11.6. The highest BCUT2D eigenvalue weighted by molar-refractivity contribution is 7.89. The Morgan fingerprint density at radius 3 is 2.71 bits per heavy atom. The van der Waals surface area contributed by atoms with E-state index in [1.165, 1.54) is 11.3 Å². The third-order valence-electron chi connectivity index (χ3n) is 3.47. The Bertz CT molecular complexity index is 921. The largest absolute Gasteiger partial charge is 0.470 e. The van der Waals surface area contributed by atoms with Crippen LogP contribution in [0.2, 0.25) is 0 Å². The van der Waals surface area contributed by atoms with Crippen LogP contribution in [0.5, 0.6) is 5.19 Å². The molecule has 0 aliphatic rings. The predicted octanol–water partition coefficient (Wildman–Crippen LogP) is 3.22. The molecule has 3 aromatic rings. The van der Waals surface area contributed by atoms with Gasteiger partial charge in [-0.05, 0) is 37.1 Å². The lowest BCUT2D eigenvalue weighted by Gasteiger charge is -2.07. The SMILES string of the molecule is CCOc1nc2ccc(S(=O)(=O)NCCc3ccccc3)cc2s1. The number of benzene rings is 2. The molecule has 1 N–H and O–H groups in total. The Kier molecular flexibility index (Phi) is 5.13. The molecular formula is C17H18N2O3S2. The molecule has 1 heterocycles. The van der Waals surface area contributed by atoms with Crippen molar-refractivity contribution in [3.8, 4) is 5.19 Å². The number of hydrogen-bond acceptors (Lipinski definition) is 5. The minimum atomic E-state index is -3.54. The van der Waals surface area contributed by atoms with Crippen molar-refractivity contribution in [1.82, 2.24) is 9.71 Å². The molecule has 0 radical (unpaired) electrons. The second kappa shape index (κ2) is 7.29. The Labute approximate surface area is 145 Å². The van der Waals surface area contributed by atoms with Gasteiger partial charge in [-0.25, -0.2) is 18.1 Å². The first-order valence-electron chi connectivity index (χ1n) is 7.65. The van der Waals surface area contributed by atoms with Crippen molar-refractivity contribution in [2.24, 2.45) is 0 Å². The summed E-state index contributed by atoms with van der Waals surface area (Å²) in [5.41, 5.74) is 1.84. The van der Waals surface area contributed by atoms with Crippen LogP contribution in [0.1, 0.15) is 12.5 Å². The number of aromatic nitrogens is 1. The Balaban J connectivity index is 1.72. The summed E-state index contributed by atoms with van der Waals surface area (Å²) in [5, 5.41) is 0.555. The van der Waals surface area contributed by atoms with E-state index in [2.05, 4.69) is 9.71 Å². The van der Waals surface area contributed by atoms with Gasteiger partial charge >= 0.3 is 0 Å². The highest BCUT2D eigenvalue weighted by atomic mass is 32.2. The smallest absolute Gasteiger partial charge is 0.274 e. The molecule has 5 nitrogen and oxygen atoms in total. The van der Waals surface area contributed by atoms with Gasteiger partial charge in [-0.1, -0.05) is 41.7 Å². The predicted molar refractivity (Wildman–Crippen MR) is 96.1 cm³/mol.